The topological polar surface area (TPSA) is 69.8 Å². The van der Waals surface area contributed by atoms with E-state index in [0.717, 1.165) is 16.7 Å². The molecule has 1 amide bonds. The maximum absolute atomic E-state index is 13.9. The van der Waals surface area contributed by atoms with Crippen LogP contribution in [0.25, 0.3) is 0 Å². The van der Waals surface area contributed by atoms with Crippen molar-refractivity contribution in [3.8, 4) is 0 Å². The first-order valence-corrected chi connectivity index (χ1v) is 13.9. The number of carbonyl (C=O) groups is 1. The lowest BCUT2D eigenvalue weighted by Crippen LogP contribution is -2.63. The zero-order valence-corrected chi connectivity index (χ0v) is 22.6. The molecule has 3 fully saturated rings. The summed E-state index contributed by atoms with van der Waals surface area (Å²) in [5, 5.41) is 0. The van der Waals surface area contributed by atoms with Crippen molar-refractivity contribution in [3.05, 3.63) is 120 Å². The first-order valence-electron chi connectivity index (χ1n) is 13.9. The van der Waals surface area contributed by atoms with Gasteiger partial charge in [0.15, 0.2) is 6.10 Å². The van der Waals surface area contributed by atoms with Crippen LogP contribution < -0.4 is 0 Å². The molecule has 0 unspecified atom stereocenters. The molecule has 2 aliphatic heterocycles. The van der Waals surface area contributed by atoms with Crippen LogP contribution in [0, 0.1) is 0 Å². The summed E-state index contributed by atoms with van der Waals surface area (Å²) in [6.07, 6.45) is -0.123. The van der Waals surface area contributed by atoms with Crippen LogP contribution in [0.15, 0.2) is 104 Å². The summed E-state index contributed by atoms with van der Waals surface area (Å²) in [6.45, 7) is 7.17. The molecule has 3 aromatic carbocycles. The summed E-state index contributed by atoms with van der Waals surface area (Å²) in [4.78, 5) is 15.7. The summed E-state index contributed by atoms with van der Waals surface area (Å²) in [5.74, 6) is 0. The standard InChI is InChI=1S/C33H35NO6/c1-3-20-37-31-29-28(39-29)30(33(31,38-4-2)22-36-21-23-14-8-5-9-15-23)34-26(24-16-10-6-11-17-24)27(40-32(34)35)25-18-12-7-13-19-25/h3,5-19,26-31H,1,4,20-22H2,2H3/t26-,27+,28+,29-,30-,31-,33+/m1/s1. The van der Waals surface area contributed by atoms with Crippen LogP contribution in [0.1, 0.15) is 35.8 Å². The highest BCUT2D eigenvalue weighted by Gasteiger charge is 2.75. The number of fused-ring (bicyclic) bond motifs is 1. The molecule has 0 radical (unpaired) electrons. The van der Waals surface area contributed by atoms with E-state index in [0.29, 0.717) is 19.8 Å². The zero-order chi connectivity index (χ0) is 27.5. The molecule has 7 atom stereocenters. The molecule has 0 N–H and O–H groups in total. The summed E-state index contributed by atoms with van der Waals surface area (Å²) in [7, 11) is 0. The van der Waals surface area contributed by atoms with Crippen LogP contribution in [0.5, 0.6) is 0 Å². The number of amides is 1. The van der Waals surface area contributed by atoms with Gasteiger partial charge in [-0.3, -0.25) is 4.90 Å². The number of epoxide rings is 1. The van der Waals surface area contributed by atoms with Gasteiger partial charge < -0.3 is 23.7 Å². The largest absolute Gasteiger partial charge is 0.439 e. The van der Waals surface area contributed by atoms with Gasteiger partial charge in [0.25, 0.3) is 0 Å². The van der Waals surface area contributed by atoms with Gasteiger partial charge in [0.05, 0.1) is 25.9 Å². The van der Waals surface area contributed by atoms with Crippen molar-refractivity contribution in [2.75, 3.05) is 19.8 Å². The fourth-order valence-electron chi connectivity index (χ4n) is 6.37. The third-order valence-corrected chi connectivity index (χ3v) is 7.99. The van der Waals surface area contributed by atoms with Gasteiger partial charge in [-0.15, -0.1) is 6.58 Å². The van der Waals surface area contributed by atoms with E-state index in [1.54, 1.807) is 6.08 Å². The third-order valence-electron chi connectivity index (χ3n) is 7.99. The van der Waals surface area contributed by atoms with Crippen LogP contribution in [0.2, 0.25) is 0 Å². The lowest BCUT2D eigenvalue weighted by molar-refractivity contribution is -0.202. The lowest BCUT2D eigenvalue weighted by atomic mass is 9.89. The predicted octanol–water partition coefficient (Wildman–Crippen LogP) is 5.63. The Morgan fingerprint density at radius 1 is 0.925 bits per heavy atom. The summed E-state index contributed by atoms with van der Waals surface area (Å²) >= 11 is 0. The van der Waals surface area contributed by atoms with Crippen molar-refractivity contribution < 1.29 is 28.5 Å². The Morgan fingerprint density at radius 2 is 1.57 bits per heavy atom. The van der Waals surface area contributed by atoms with E-state index >= 15 is 0 Å². The number of rotatable bonds is 12. The lowest BCUT2D eigenvalue weighted by Gasteiger charge is -2.45. The van der Waals surface area contributed by atoms with Gasteiger partial charge in [-0.2, -0.15) is 0 Å². The Balaban J connectivity index is 1.40. The first kappa shape index (κ1) is 26.7. The summed E-state index contributed by atoms with van der Waals surface area (Å²) in [5.41, 5.74) is 1.99. The van der Waals surface area contributed by atoms with Crippen LogP contribution in [0.4, 0.5) is 4.79 Å². The number of benzene rings is 3. The molecule has 3 aromatic rings. The van der Waals surface area contributed by atoms with Gasteiger partial charge in [0.1, 0.15) is 30.0 Å². The quantitative estimate of drug-likeness (QED) is 0.219. The van der Waals surface area contributed by atoms with Crippen molar-refractivity contribution in [3.63, 3.8) is 0 Å². The minimum atomic E-state index is -0.974. The van der Waals surface area contributed by atoms with Crippen molar-refractivity contribution in [2.24, 2.45) is 0 Å². The normalized spacial score (nSPS) is 30.6. The number of ether oxygens (including phenoxy) is 5. The number of nitrogens with zero attached hydrogens (tertiary/aromatic N) is 1. The van der Waals surface area contributed by atoms with Gasteiger partial charge in [0, 0.05) is 6.61 Å². The molecule has 2 heterocycles. The maximum atomic E-state index is 13.9. The molecule has 2 saturated heterocycles. The Morgan fingerprint density at radius 3 is 2.23 bits per heavy atom. The van der Waals surface area contributed by atoms with Gasteiger partial charge in [-0.1, -0.05) is 97.1 Å². The molecule has 0 bridgehead atoms. The SMILES string of the molecule is C=CCO[C@@H]1[C@@H]2O[C@@H]2[C@@H](N2C(=O)O[C@@H](c3ccccc3)[C@H]2c2ccccc2)[C@]1(COCc1ccccc1)OCC. The Hall–Kier alpha value is -3.49. The van der Waals surface area contributed by atoms with Crippen LogP contribution in [0.3, 0.4) is 0 Å². The smallest absolute Gasteiger partial charge is 0.411 e. The molecule has 1 saturated carbocycles. The Bertz CT molecular complexity index is 1290. The number of cyclic esters (lactones) is 1. The second-order valence-electron chi connectivity index (χ2n) is 10.4. The number of carbonyl (C=O) groups excluding carboxylic acids is 1. The second kappa shape index (κ2) is 11.6. The fraction of sp³-hybridized carbons (Fsp3) is 0.364. The molecule has 1 aliphatic carbocycles. The minimum absolute atomic E-state index is 0.222. The van der Waals surface area contributed by atoms with Crippen molar-refractivity contribution in [1.29, 1.82) is 0 Å². The monoisotopic (exact) mass is 541 g/mol. The number of hydrogen-bond acceptors (Lipinski definition) is 6. The van der Waals surface area contributed by atoms with Crippen molar-refractivity contribution >= 4 is 6.09 Å². The van der Waals surface area contributed by atoms with E-state index in [1.165, 1.54) is 0 Å². The van der Waals surface area contributed by atoms with Gasteiger partial charge >= 0.3 is 6.09 Å². The first-order chi connectivity index (χ1) is 19.7. The Labute approximate surface area is 235 Å². The average molecular weight is 542 g/mol. The second-order valence-corrected chi connectivity index (χ2v) is 10.4. The molecule has 3 aliphatic rings. The van der Waals surface area contributed by atoms with Crippen molar-refractivity contribution in [2.45, 2.75) is 55.6 Å². The fourth-order valence-corrected chi connectivity index (χ4v) is 6.37. The average Bonchev–Trinajstić information content (AvgIpc) is 3.62. The molecule has 208 valence electrons. The molecular formula is C33H35NO6. The molecule has 7 nitrogen and oxygen atoms in total. The van der Waals surface area contributed by atoms with Gasteiger partial charge in [-0.25, -0.2) is 4.79 Å². The van der Waals surface area contributed by atoms with E-state index < -0.39 is 36.0 Å². The van der Waals surface area contributed by atoms with Gasteiger partial charge in [0.2, 0.25) is 0 Å². The van der Waals surface area contributed by atoms with E-state index in [2.05, 4.69) is 6.58 Å². The molecule has 40 heavy (non-hydrogen) atoms. The van der Waals surface area contributed by atoms with Crippen molar-refractivity contribution in [1.82, 2.24) is 4.90 Å². The summed E-state index contributed by atoms with van der Waals surface area (Å²) < 4.78 is 31.6. The molecule has 6 rings (SSSR count). The zero-order valence-electron chi connectivity index (χ0n) is 22.6. The maximum Gasteiger partial charge on any atom is 0.411 e. The molecule has 0 spiro atoms. The molecule has 0 aromatic heterocycles. The van der Waals surface area contributed by atoms with E-state index in [-0.39, 0.29) is 18.8 Å². The van der Waals surface area contributed by atoms with E-state index in [9.17, 15) is 4.79 Å². The minimum Gasteiger partial charge on any atom is -0.439 e. The van der Waals surface area contributed by atoms with Crippen LogP contribution >= 0.6 is 0 Å². The highest BCUT2D eigenvalue weighted by atomic mass is 16.7. The highest BCUT2D eigenvalue weighted by Crippen LogP contribution is 2.56. The molecule has 7 heteroatoms. The molecular weight excluding hydrogens is 506 g/mol. The Kier molecular flexibility index (Phi) is 7.71. The summed E-state index contributed by atoms with van der Waals surface area (Å²) in [6, 6.07) is 29.0. The predicted molar refractivity (Wildman–Crippen MR) is 150 cm³/mol. The van der Waals surface area contributed by atoms with Gasteiger partial charge in [-0.05, 0) is 23.6 Å². The van der Waals surface area contributed by atoms with E-state index in [4.69, 9.17) is 23.7 Å². The number of hydrogen-bond donors (Lipinski definition) is 0. The van der Waals surface area contributed by atoms with E-state index in [1.807, 2.05) is 103 Å². The van der Waals surface area contributed by atoms with Crippen LogP contribution in [-0.4, -0.2) is 60.8 Å². The third kappa shape index (κ3) is 4.84. The van der Waals surface area contributed by atoms with Crippen LogP contribution in [-0.2, 0) is 30.3 Å². The highest BCUT2D eigenvalue weighted by molar-refractivity contribution is 5.73.